The number of rotatable bonds is 5. The molecule has 0 saturated heterocycles. The second-order valence-electron chi connectivity index (χ2n) is 6.65. The molecule has 8 heteroatoms. The molecular weight excluding hydrogens is 366 g/mol. The van der Waals surface area contributed by atoms with Crippen LogP contribution in [0.3, 0.4) is 0 Å². The number of hydrogen-bond donors (Lipinski definition) is 1. The van der Waals surface area contributed by atoms with Crippen molar-refractivity contribution in [2.75, 3.05) is 13.7 Å². The number of nitrogens with one attached hydrogen (secondary N) is 1. The minimum atomic E-state index is -0.493. The van der Waals surface area contributed by atoms with Gasteiger partial charge in [0.2, 0.25) is 0 Å². The van der Waals surface area contributed by atoms with Crippen LogP contribution in [-0.4, -0.2) is 34.0 Å². The first-order valence-corrected chi connectivity index (χ1v) is 9.68. The molecule has 7 nitrogen and oxygen atoms in total. The predicted molar refractivity (Wildman–Crippen MR) is 103 cm³/mol. The summed E-state index contributed by atoms with van der Waals surface area (Å²) < 4.78 is 6.50. The van der Waals surface area contributed by atoms with Crippen molar-refractivity contribution >= 4 is 28.2 Å². The monoisotopic (exact) mass is 385 g/mol. The van der Waals surface area contributed by atoms with E-state index in [1.54, 1.807) is 18.4 Å². The zero-order valence-corrected chi connectivity index (χ0v) is 15.7. The quantitative estimate of drug-likeness (QED) is 0.679. The number of methoxy groups -OCH3 is 1. The standard InChI is InChI=1S/C19H19N3O4S/c1-26-6-3-5-22-17-16(18(24)21-19(22)25)12-8-11(15-4-2-7-27-15)9-14(23)13(12)10-20-17/h2,4,7,10-11H,3,5-6,8-9H2,1H3,(H,21,24,25)/t11-/m0/s1. The van der Waals surface area contributed by atoms with Gasteiger partial charge in [-0.1, -0.05) is 6.07 Å². The number of aromatic amines is 1. The molecule has 0 aliphatic heterocycles. The molecule has 0 bridgehead atoms. The molecule has 1 aliphatic carbocycles. The Morgan fingerprint density at radius 1 is 1.33 bits per heavy atom. The number of carbonyl (C=O) groups is 1. The maximum absolute atomic E-state index is 12.7. The number of carbonyl (C=O) groups excluding carboxylic acids is 1. The molecular formula is C19H19N3O4S. The van der Waals surface area contributed by atoms with Crippen molar-refractivity contribution in [3.63, 3.8) is 0 Å². The second kappa shape index (κ2) is 7.21. The highest BCUT2D eigenvalue weighted by Crippen LogP contribution is 2.36. The Morgan fingerprint density at radius 3 is 2.93 bits per heavy atom. The van der Waals surface area contributed by atoms with Crippen LogP contribution in [0.15, 0.2) is 33.3 Å². The highest BCUT2D eigenvalue weighted by Gasteiger charge is 2.30. The van der Waals surface area contributed by atoms with Crippen LogP contribution in [0, 0.1) is 0 Å². The number of hydrogen-bond acceptors (Lipinski definition) is 6. The first-order valence-electron chi connectivity index (χ1n) is 8.80. The van der Waals surface area contributed by atoms with Gasteiger partial charge in [-0.2, -0.15) is 0 Å². The third kappa shape index (κ3) is 3.15. The summed E-state index contributed by atoms with van der Waals surface area (Å²) in [7, 11) is 1.60. The van der Waals surface area contributed by atoms with Gasteiger partial charge in [-0.15, -0.1) is 11.3 Å². The maximum atomic E-state index is 12.7. The van der Waals surface area contributed by atoms with Crippen LogP contribution in [0.25, 0.3) is 11.0 Å². The van der Waals surface area contributed by atoms with Crippen molar-refractivity contribution in [1.29, 1.82) is 0 Å². The molecule has 0 radical (unpaired) electrons. The first kappa shape index (κ1) is 17.8. The molecule has 0 spiro atoms. The van der Waals surface area contributed by atoms with Gasteiger partial charge in [0.1, 0.15) is 5.65 Å². The maximum Gasteiger partial charge on any atom is 0.329 e. The second-order valence-corrected chi connectivity index (χ2v) is 7.63. The number of aryl methyl sites for hydroxylation is 1. The molecule has 0 fully saturated rings. The molecule has 0 saturated carbocycles. The molecule has 3 aromatic heterocycles. The van der Waals surface area contributed by atoms with E-state index in [4.69, 9.17) is 4.74 Å². The first-order chi connectivity index (χ1) is 13.1. The smallest absolute Gasteiger partial charge is 0.329 e. The summed E-state index contributed by atoms with van der Waals surface area (Å²) in [6.07, 6.45) is 3.12. The minimum Gasteiger partial charge on any atom is -0.385 e. The third-order valence-corrected chi connectivity index (χ3v) is 6.01. The Labute approximate surface area is 158 Å². The van der Waals surface area contributed by atoms with E-state index >= 15 is 0 Å². The van der Waals surface area contributed by atoms with E-state index < -0.39 is 11.2 Å². The van der Waals surface area contributed by atoms with E-state index in [0.29, 0.717) is 54.6 Å². The molecule has 140 valence electrons. The number of fused-ring (bicyclic) bond motifs is 3. The van der Waals surface area contributed by atoms with E-state index in [-0.39, 0.29) is 11.7 Å². The van der Waals surface area contributed by atoms with Crippen LogP contribution >= 0.6 is 11.3 Å². The molecule has 0 unspecified atom stereocenters. The van der Waals surface area contributed by atoms with E-state index in [0.717, 1.165) is 4.88 Å². The normalized spacial score (nSPS) is 16.6. The van der Waals surface area contributed by atoms with Gasteiger partial charge in [0.25, 0.3) is 5.56 Å². The lowest BCUT2D eigenvalue weighted by molar-refractivity contribution is 0.0964. The Morgan fingerprint density at radius 2 is 2.19 bits per heavy atom. The van der Waals surface area contributed by atoms with Gasteiger partial charge >= 0.3 is 5.69 Å². The van der Waals surface area contributed by atoms with Crippen molar-refractivity contribution in [2.24, 2.45) is 0 Å². The average molecular weight is 385 g/mol. The van der Waals surface area contributed by atoms with Gasteiger partial charge in [-0.25, -0.2) is 9.78 Å². The van der Waals surface area contributed by atoms with Crippen LogP contribution in [0.2, 0.25) is 0 Å². The van der Waals surface area contributed by atoms with Gasteiger partial charge in [0.05, 0.1) is 5.39 Å². The van der Waals surface area contributed by atoms with Crippen LogP contribution in [0.1, 0.15) is 39.6 Å². The minimum absolute atomic E-state index is 0.0133. The molecule has 1 N–H and O–H groups in total. The fourth-order valence-corrected chi connectivity index (χ4v) is 4.54. The Bertz CT molecular complexity index is 1110. The van der Waals surface area contributed by atoms with Gasteiger partial charge in [0.15, 0.2) is 5.78 Å². The SMILES string of the molecule is COCCCn1c(=O)[nH]c(=O)c2c3c(cnc21)C(=O)C[C@@H](c1cccs1)C3. The summed E-state index contributed by atoms with van der Waals surface area (Å²) in [5, 5.41) is 2.33. The van der Waals surface area contributed by atoms with Crippen LogP contribution in [-0.2, 0) is 17.7 Å². The summed E-state index contributed by atoms with van der Waals surface area (Å²) in [5.74, 6) is 0.0319. The number of ketones is 1. The molecule has 4 rings (SSSR count). The molecule has 3 heterocycles. The number of aromatic nitrogens is 3. The molecule has 0 aromatic carbocycles. The van der Waals surface area contributed by atoms with Crippen molar-refractivity contribution in [3.8, 4) is 0 Å². The fraction of sp³-hybridized carbons (Fsp3) is 0.368. The van der Waals surface area contributed by atoms with Crippen molar-refractivity contribution in [3.05, 3.63) is 60.6 Å². The summed E-state index contributed by atoms with van der Waals surface area (Å²) >= 11 is 1.61. The largest absolute Gasteiger partial charge is 0.385 e. The number of nitrogens with zero attached hydrogens (tertiary/aromatic N) is 2. The number of Topliss-reactive ketones (excluding diaryl/α,β-unsaturated/α-hetero) is 1. The summed E-state index contributed by atoms with van der Waals surface area (Å²) in [6.45, 7) is 0.880. The topological polar surface area (TPSA) is 94.1 Å². The zero-order valence-electron chi connectivity index (χ0n) is 14.9. The van der Waals surface area contributed by atoms with Gasteiger partial charge in [0, 0.05) is 49.2 Å². The fourth-order valence-electron chi connectivity index (χ4n) is 3.71. The van der Waals surface area contributed by atoms with Crippen LogP contribution < -0.4 is 11.2 Å². The van der Waals surface area contributed by atoms with E-state index in [1.807, 2.05) is 17.5 Å². The predicted octanol–water partition coefficient (Wildman–Crippen LogP) is 2.10. The number of pyridine rings is 1. The Hall–Kier alpha value is -2.58. The van der Waals surface area contributed by atoms with Gasteiger partial charge in [-0.05, 0) is 29.9 Å². The summed E-state index contributed by atoms with van der Waals surface area (Å²) in [4.78, 5) is 45.4. The highest BCUT2D eigenvalue weighted by atomic mass is 32.1. The van der Waals surface area contributed by atoms with Gasteiger partial charge in [-0.3, -0.25) is 19.1 Å². The molecule has 0 amide bonds. The lowest BCUT2D eigenvalue weighted by Crippen LogP contribution is -2.33. The highest BCUT2D eigenvalue weighted by molar-refractivity contribution is 7.10. The number of thiophene rings is 1. The summed E-state index contributed by atoms with van der Waals surface area (Å²) in [6, 6.07) is 3.98. The Kier molecular flexibility index (Phi) is 4.75. The lowest BCUT2D eigenvalue weighted by Gasteiger charge is -2.24. The van der Waals surface area contributed by atoms with Crippen molar-refractivity contribution < 1.29 is 9.53 Å². The molecule has 3 aromatic rings. The third-order valence-electron chi connectivity index (χ3n) is 4.97. The molecule has 1 atom stereocenters. The van der Waals surface area contributed by atoms with E-state index in [9.17, 15) is 14.4 Å². The Balaban J connectivity index is 1.88. The van der Waals surface area contributed by atoms with E-state index in [2.05, 4.69) is 9.97 Å². The van der Waals surface area contributed by atoms with Crippen molar-refractivity contribution in [1.82, 2.24) is 14.5 Å². The average Bonchev–Trinajstić information content (AvgIpc) is 3.18. The number of H-pyrrole nitrogens is 1. The van der Waals surface area contributed by atoms with E-state index in [1.165, 1.54) is 10.8 Å². The zero-order chi connectivity index (χ0) is 19.0. The lowest BCUT2D eigenvalue weighted by atomic mass is 9.82. The van der Waals surface area contributed by atoms with Gasteiger partial charge < -0.3 is 4.74 Å². The van der Waals surface area contributed by atoms with Crippen molar-refractivity contribution in [2.45, 2.75) is 31.7 Å². The molecule has 1 aliphatic rings. The summed E-state index contributed by atoms with van der Waals surface area (Å²) in [5.41, 5.74) is 0.535. The molecule has 27 heavy (non-hydrogen) atoms. The van der Waals surface area contributed by atoms with Crippen LogP contribution in [0.5, 0.6) is 0 Å². The van der Waals surface area contributed by atoms with Crippen LogP contribution in [0.4, 0.5) is 0 Å². The number of ether oxygens (including phenoxy) is 1.